The molecule has 0 amide bonds. The van der Waals surface area contributed by atoms with Crippen molar-refractivity contribution < 1.29 is 0 Å². The molecule has 0 fully saturated rings. The average molecular weight is 173 g/mol. The van der Waals surface area contributed by atoms with E-state index < -0.39 is 0 Å². The number of hydrogen-bond donors (Lipinski definition) is 1. The average Bonchev–Trinajstić information content (AvgIpc) is 2.56. The summed E-state index contributed by atoms with van der Waals surface area (Å²) in [6.07, 6.45) is 3.68. The Morgan fingerprint density at radius 3 is 2.69 bits per heavy atom. The Morgan fingerprint density at radius 2 is 2.08 bits per heavy atom. The van der Waals surface area contributed by atoms with Crippen molar-refractivity contribution in [3.63, 3.8) is 0 Å². The molecule has 3 nitrogen and oxygen atoms in total. The molecule has 0 aliphatic heterocycles. The van der Waals surface area contributed by atoms with Gasteiger partial charge in [0.05, 0.1) is 6.20 Å². The van der Waals surface area contributed by atoms with Gasteiger partial charge in [0.2, 0.25) is 0 Å². The Hall–Kier alpha value is -1.64. The van der Waals surface area contributed by atoms with Gasteiger partial charge in [0.15, 0.2) is 0 Å². The molecule has 0 aliphatic carbocycles. The third kappa shape index (κ3) is 1.45. The van der Waals surface area contributed by atoms with E-state index in [-0.39, 0.29) is 0 Å². The highest BCUT2D eigenvalue weighted by Gasteiger charge is 2.02. The first-order valence-corrected chi connectivity index (χ1v) is 4.21. The normalized spacial score (nSPS) is 10.3. The van der Waals surface area contributed by atoms with Crippen LogP contribution in [-0.4, -0.2) is 15.2 Å². The molecule has 66 valence electrons. The highest BCUT2D eigenvalue weighted by Crippen LogP contribution is 2.20. The smallest absolute Gasteiger partial charge is 0.0566 e. The number of H-pyrrole nitrogens is 1. The van der Waals surface area contributed by atoms with Crippen molar-refractivity contribution >= 4 is 0 Å². The zero-order chi connectivity index (χ0) is 9.26. The van der Waals surface area contributed by atoms with E-state index in [2.05, 4.69) is 21.2 Å². The van der Waals surface area contributed by atoms with E-state index in [1.165, 1.54) is 0 Å². The number of nitrogens with one attached hydrogen (secondary N) is 1. The molecule has 0 radical (unpaired) electrons. The van der Waals surface area contributed by atoms with Crippen molar-refractivity contribution in [1.82, 2.24) is 15.2 Å². The van der Waals surface area contributed by atoms with Crippen LogP contribution in [0.25, 0.3) is 11.1 Å². The second-order valence-electron chi connectivity index (χ2n) is 3.07. The highest BCUT2D eigenvalue weighted by atomic mass is 15.1. The maximum Gasteiger partial charge on any atom is 0.0566 e. The van der Waals surface area contributed by atoms with Crippen molar-refractivity contribution in [2.75, 3.05) is 0 Å². The fraction of sp³-hybridized carbons (Fsp3) is 0.200. The van der Waals surface area contributed by atoms with Gasteiger partial charge >= 0.3 is 0 Å². The molecule has 2 heterocycles. The van der Waals surface area contributed by atoms with E-state index in [4.69, 9.17) is 0 Å². The van der Waals surface area contributed by atoms with Gasteiger partial charge in [-0.1, -0.05) is 6.07 Å². The Morgan fingerprint density at radius 1 is 1.23 bits per heavy atom. The Kier molecular flexibility index (Phi) is 1.85. The Balaban J connectivity index is 2.53. The Bertz CT molecular complexity index is 404. The lowest BCUT2D eigenvalue weighted by molar-refractivity contribution is 1.09. The number of nitrogens with zero attached hydrogens (tertiary/aromatic N) is 2. The van der Waals surface area contributed by atoms with Gasteiger partial charge in [-0.05, 0) is 19.9 Å². The standard InChI is InChI=1S/C10H11N3/c1-7-3-4-10(8(2)13-7)9-5-11-12-6-9/h3-6H,1-2H3,(H,11,12). The first kappa shape index (κ1) is 7.98. The SMILES string of the molecule is Cc1ccc(-c2cn[nH]c2)c(C)n1. The molecule has 2 aromatic heterocycles. The molecule has 0 aromatic carbocycles. The van der Waals surface area contributed by atoms with E-state index >= 15 is 0 Å². The van der Waals surface area contributed by atoms with Gasteiger partial charge in [0.1, 0.15) is 0 Å². The summed E-state index contributed by atoms with van der Waals surface area (Å²) in [6.45, 7) is 4.00. The summed E-state index contributed by atoms with van der Waals surface area (Å²) in [5.74, 6) is 0. The monoisotopic (exact) mass is 173 g/mol. The predicted octanol–water partition coefficient (Wildman–Crippen LogP) is 2.09. The maximum atomic E-state index is 4.39. The van der Waals surface area contributed by atoms with Gasteiger partial charge in [-0.3, -0.25) is 10.1 Å². The number of pyridine rings is 1. The molecular weight excluding hydrogens is 162 g/mol. The van der Waals surface area contributed by atoms with Crippen LogP contribution in [0.5, 0.6) is 0 Å². The van der Waals surface area contributed by atoms with Gasteiger partial charge < -0.3 is 0 Å². The first-order valence-electron chi connectivity index (χ1n) is 4.21. The second kappa shape index (κ2) is 3.01. The summed E-state index contributed by atoms with van der Waals surface area (Å²) in [5.41, 5.74) is 4.32. The number of rotatable bonds is 1. The molecule has 0 bridgehead atoms. The highest BCUT2D eigenvalue weighted by molar-refractivity contribution is 5.63. The molecule has 2 aromatic rings. The lowest BCUT2D eigenvalue weighted by Crippen LogP contribution is -1.88. The zero-order valence-corrected chi connectivity index (χ0v) is 7.70. The summed E-state index contributed by atoms with van der Waals surface area (Å²) in [5, 5.41) is 6.70. The molecule has 13 heavy (non-hydrogen) atoms. The molecule has 0 spiro atoms. The van der Waals surface area contributed by atoms with Crippen molar-refractivity contribution in [1.29, 1.82) is 0 Å². The molecular formula is C10H11N3. The fourth-order valence-electron chi connectivity index (χ4n) is 1.39. The topological polar surface area (TPSA) is 41.6 Å². The third-order valence-corrected chi connectivity index (χ3v) is 2.03. The van der Waals surface area contributed by atoms with Crippen molar-refractivity contribution in [3.05, 3.63) is 35.9 Å². The van der Waals surface area contributed by atoms with Gasteiger partial charge in [0, 0.05) is 28.7 Å². The van der Waals surface area contributed by atoms with E-state index in [1.807, 2.05) is 26.1 Å². The zero-order valence-electron chi connectivity index (χ0n) is 7.70. The van der Waals surface area contributed by atoms with Crippen molar-refractivity contribution in [2.24, 2.45) is 0 Å². The van der Waals surface area contributed by atoms with Gasteiger partial charge in [-0.2, -0.15) is 5.10 Å². The van der Waals surface area contributed by atoms with E-state index in [0.29, 0.717) is 0 Å². The Labute approximate surface area is 76.8 Å². The summed E-state index contributed by atoms with van der Waals surface area (Å²) in [6, 6.07) is 4.08. The van der Waals surface area contributed by atoms with Crippen LogP contribution in [0.4, 0.5) is 0 Å². The van der Waals surface area contributed by atoms with Crippen molar-refractivity contribution in [3.8, 4) is 11.1 Å². The van der Waals surface area contributed by atoms with Gasteiger partial charge in [-0.15, -0.1) is 0 Å². The van der Waals surface area contributed by atoms with Crippen LogP contribution >= 0.6 is 0 Å². The largest absolute Gasteiger partial charge is 0.285 e. The molecule has 0 aliphatic rings. The molecule has 0 saturated heterocycles. The van der Waals surface area contributed by atoms with Crippen molar-refractivity contribution in [2.45, 2.75) is 13.8 Å². The van der Waals surface area contributed by atoms with Crippen LogP contribution in [0.1, 0.15) is 11.4 Å². The number of hydrogen-bond acceptors (Lipinski definition) is 2. The molecule has 3 heteroatoms. The minimum absolute atomic E-state index is 1.04. The summed E-state index contributed by atoms with van der Waals surface area (Å²) in [4.78, 5) is 4.39. The van der Waals surface area contributed by atoms with E-state index in [9.17, 15) is 0 Å². The van der Waals surface area contributed by atoms with E-state index in [0.717, 1.165) is 22.5 Å². The van der Waals surface area contributed by atoms with Gasteiger partial charge in [0.25, 0.3) is 0 Å². The predicted molar refractivity (Wildman–Crippen MR) is 51.3 cm³/mol. The summed E-state index contributed by atoms with van der Waals surface area (Å²) < 4.78 is 0. The van der Waals surface area contributed by atoms with E-state index in [1.54, 1.807) is 6.20 Å². The fourth-order valence-corrected chi connectivity index (χ4v) is 1.39. The lowest BCUT2D eigenvalue weighted by atomic mass is 10.1. The molecule has 0 saturated carbocycles. The van der Waals surface area contributed by atoms with Crippen LogP contribution in [0.15, 0.2) is 24.5 Å². The first-order chi connectivity index (χ1) is 6.27. The van der Waals surface area contributed by atoms with Crippen LogP contribution in [0.3, 0.4) is 0 Å². The minimum atomic E-state index is 1.04. The van der Waals surface area contributed by atoms with Crippen LogP contribution in [0, 0.1) is 13.8 Å². The van der Waals surface area contributed by atoms with Crippen LogP contribution < -0.4 is 0 Å². The number of aromatic amines is 1. The minimum Gasteiger partial charge on any atom is -0.285 e. The molecule has 2 rings (SSSR count). The molecule has 0 atom stereocenters. The number of aromatic nitrogens is 3. The third-order valence-electron chi connectivity index (χ3n) is 2.03. The summed E-state index contributed by atoms with van der Waals surface area (Å²) >= 11 is 0. The van der Waals surface area contributed by atoms with Crippen LogP contribution in [0.2, 0.25) is 0 Å². The lowest BCUT2D eigenvalue weighted by Gasteiger charge is -2.02. The summed E-state index contributed by atoms with van der Waals surface area (Å²) in [7, 11) is 0. The molecule has 1 N–H and O–H groups in total. The maximum absolute atomic E-state index is 4.39. The van der Waals surface area contributed by atoms with Crippen LogP contribution in [-0.2, 0) is 0 Å². The molecule has 0 unspecified atom stereocenters. The van der Waals surface area contributed by atoms with Gasteiger partial charge in [-0.25, -0.2) is 0 Å². The quantitative estimate of drug-likeness (QED) is 0.717. The number of aryl methyl sites for hydroxylation is 2. The second-order valence-corrected chi connectivity index (χ2v) is 3.07.